The van der Waals surface area contributed by atoms with Gasteiger partial charge in [-0.2, -0.15) is 0 Å². The second-order valence-electron chi connectivity index (χ2n) is 4.19. The van der Waals surface area contributed by atoms with Gasteiger partial charge in [0.2, 0.25) is 0 Å². The summed E-state index contributed by atoms with van der Waals surface area (Å²) in [6.45, 7) is 1.93. The summed E-state index contributed by atoms with van der Waals surface area (Å²) in [6.07, 6.45) is 5.16. The van der Waals surface area contributed by atoms with Crippen molar-refractivity contribution in [3.05, 3.63) is 48.5 Å². The van der Waals surface area contributed by atoms with Crippen LogP contribution in [0.4, 0.5) is 5.82 Å². The van der Waals surface area contributed by atoms with Gasteiger partial charge in [0.05, 0.1) is 5.56 Å². The molecule has 0 fully saturated rings. The zero-order valence-electron chi connectivity index (χ0n) is 10.4. The number of aryl methyl sites for hydroxylation is 1. The topological polar surface area (TPSA) is 77.8 Å². The standard InChI is InChI=1S/C14H12N4O/c1-9-8-11(4-7-17-9)13-12(14(15)18-19-13)10-2-5-16-6-3-10/h2-8H,1H3,(H2,15,18). The fourth-order valence-electron chi connectivity index (χ4n) is 1.98. The monoisotopic (exact) mass is 252 g/mol. The molecular formula is C14H12N4O. The van der Waals surface area contributed by atoms with Gasteiger partial charge in [0.1, 0.15) is 0 Å². The summed E-state index contributed by atoms with van der Waals surface area (Å²) in [5.41, 5.74) is 9.44. The molecule has 94 valence electrons. The molecule has 0 aliphatic carbocycles. The van der Waals surface area contributed by atoms with Crippen molar-refractivity contribution < 1.29 is 4.52 Å². The lowest BCUT2D eigenvalue weighted by atomic mass is 10.0. The van der Waals surface area contributed by atoms with E-state index < -0.39 is 0 Å². The summed E-state index contributed by atoms with van der Waals surface area (Å²) in [6, 6.07) is 7.56. The lowest BCUT2D eigenvalue weighted by Gasteiger charge is -2.02. The van der Waals surface area contributed by atoms with Gasteiger partial charge in [-0.25, -0.2) is 0 Å². The number of rotatable bonds is 2. The Labute approximate surface area is 110 Å². The van der Waals surface area contributed by atoms with Crippen molar-refractivity contribution in [3.8, 4) is 22.5 Å². The number of nitrogens with zero attached hydrogens (tertiary/aromatic N) is 3. The number of pyridine rings is 2. The molecule has 3 heterocycles. The predicted octanol–water partition coefficient (Wildman–Crippen LogP) is 2.69. The van der Waals surface area contributed by atoms with Crippen molar-refractivity contribution in [2.24, 2.45) is 0 Å². The van der Waals surface area contributed by atoms with Crippen LogP contribution in [0.2, 0.25) is 0 Å². The van der Waals surface area contributed by atoms with Gasteiger partial charge >= 0.3 is 0 Å². The molecule has 0 spiro atoms. The van der Waals surface area contributed by atoms with E-state index in [1.54, 1.807) is 18.6 Å². The molecule has 3 rings (SSSR count). The summed E-state index contributed by atoms with van der Waals surface area (Å²) in [5, 5.41) is 3.86. The first-order valence-corrected chi connectivity index (χ1v) is 5.84. The smallest absolute Gasteiger partial charge is 0.177 e. The molecule has 5 heteroatoms. The minimum Gasteiger partial charge on any atom is -0.380 e. The third kappa shape index (κ3) is 2.06. The molecule has 0 saturated heterocycles. The molecule has 3 aromatic rings. The molecule has 0 unspecified atom stereocenters. The number of hydrogen-bond acceptors (Lipinski definition) is 5. The highest BCUT2D eigenvalue weighted by atomic mass is 16.5. The molecular weight excluding hydrogens is 240 g/mol. The minimum atomic E-state index is 0.371. The SMILES string of the molecule is Cc1cc(-c2onc(N)c2-c2ccncc2)ccn1. The zero-order valence-corrected chi connectivity index (χ0v) is 10.4. The molecule has 2 N–H and O–H groups in total. The van der Waals surface area contributed by atoms with Crippen LogP contribution in [0.5, 0.6) is 0 Å². The molecule has 3 aromatic heterocycles. The second kappa shape index (κ2) is 4.53. The fourth-order valence-corrected chi connectivity index (χ4v) is 1.98. The number of hydrogen-bond donors (Lipinski definition) is 1. The van der Waals surface area contributed by atoms with Crippen LogP contribution in [0.15, 0.2) is 47.4 Å². The van der Waals surface area contributed by atoms with E-state index in [2.05, 4.69) is 15.1 Å². The summed E-state index contributed by atoms with van der Waals surface area (Å²) >= 11 is 0. The van der Waals surface area contributed by atoms with Crippen LogP contribution >= 0.6 is 0 Å². The summed E-state index contributed by atoms with van der Waals surface area (Å²) in [4.78, 5) is 8.17. The zero-order chi connectivity index (χ0) is 13.2. The molecule has 0 aromatic carbocycles. The van der Waals surface area contributed by atoms with Gasteiger partial charge < -0.3 is 10.3 Å². The van der Waals surface area contributed by atoms with Gasteiger partial charge in [-0.15, -0.1) is 0 Å². The first kappa shape index (κ1) is 11.4. The van der Waals surface area contributed by atoms with Crippen molar-refractivity contribution in [3.63, 3.8) is 0 Å². The van der Waals surface area contributed by atoms with E-state index in [1.807, 2.05) is 31.2 Å². The van der Waals surface area contributed by atoms with Crippen LogP contribution in [-0.4, -0.2) is 15.1 Å². The average Bonchev–Trinajstić information content (AvgIpc) is 2.82. The van der Waals surface area contributed by atoms with Crippen LogP contribution in [-0.2, 0) is 0 Å². The third-order valence-electron chi connectivity index (χ3n) is 2.85. The number of nitrogens with two attached hydrogens (primary N) is 1. The number of aromatic nitrogens is 3. The van der Waals surface area contributed by atoms with Gasteiger partial charge in [0, 0.05) is 29.8 Å². The Bertz CT molecular complexity index is 706. The maximum Gasteiger partial charge on any atom is 0.177 e. The Balaban J connectivity index is 2.19. The maximum absolute atomic E-state index is 5.91. The molecule has 0 aliphatic rings. The molecule has 0 aliphatic heterocycles. The van der Waals surface area contributed by atoms with E-state index in [0.717, 1.165) is 22.4 Å². The quantitative estimate of drug-likeness (QED) is 0.758. The molecule has 19 heavy (non-hydrogen) atoms. The first-order valence-electron chi connectivity index (χ1n) is 5.84. The van der Waals surface area contributed by atoms with Crippen molar-refractivity contribution in [1.29, 1.82) is 0 Å². The Morgan fingerprint density at radius 1 is 1.05 bits per heavy atom. The van der Waals surface area contributed by atoms with E-state index in [0.29, 0.717) is 11.6 Å². The highest BCUT2D eigenvalue weighted by molar-refractivity contribution is 5.86. The largest absolute Gasteiger partial charge is 0.380 e. The van der Waals surface area contributed by atoms with Crippen molar-refractivity contribution >= 4 is 5.82 Å². The molecule has 0 radical (unpaired) electrons. The highest BCUT2D eigenvalue weighted by Crippen LogP contribution is 2.36. The lowest BCUT2D eigenvalue weighted by Crippen LogP contribution is -1.89. The van der Waals surface area contributed by atoms with Crippen molar-refractivity contribution in [2.45, 2.75) is 6.92 Å². The number of anilines is 1. The van der Waals surface area contributed by atoms with E-state index in [1.165, 1.54) is 0 Å². The van der Waals surface area contributed by atoms with E-state index in [4.69, 9.17) is 10.3 Å². The van der Waals surface area contributed by atoms with Crippen LogP contribution in [0.25, 0.3) is 22.5 Å². The Morgan fingerprint density at radius 2 is 1.79 bits per heavy atom. The normalized spacial score (nSPS) is 10.6. The Hall–Kier alpha value is -2.69. The Morgan fingerprint density at radius 3 is 2.53 bits per heavy atom. The fraction of sp³-hybridized carbons (Fsp3) is 0.0714. The minimum absolute atomic E-state index is 0.371. The van der Waals surface area contributed by atoms with Gasteiger partial charge in [0.25, 0.3) is 0 Å². The summed E-state index contributed by atoms with van der Waals surface area (Å²) in [7, 11) is 0. The van der Waals surface area contributed by atoms with Crippen LogP contribution in [0.1, 0.15) is 5.69 Å². The Kier molecular flexibility index (Phi) is 2.72. The predicted molar refractivity (Wildman–Crippen MR) is 72.1 cm³/mol. The summed E-state index contributed by atoms with van der Waals surface area (Å²) < 4.78 is 5.37. The van der Waals surface area contributed by atoms with E-state index in [9.17, 15) is 0 Å². The summed E-state index contributed by atoms with van der Waals surface area (Å²) in [5.74, 6) is 1.02. The molecule has 0 bridgehead atoms. The van der Waals surface area contributed by atoms with Gasteiger partial charge in [-0.1, -0.05) is 5.16 Å². The number of nitrogen functional groups attached to an aromatic ring is 1. The van der Waals surface area contributed by atoms with Crippen LogP contribution in [0, 0.1) is 6.92 Å². The van der Waals surface area contributed by atoms with Crippen molar-refractivity contribution in [2.75, 3.05) is 5.73 Å². The lowest BCUT2D eigenvalue weighted by molar-refractivity contribution is 0.436. The van der Waals surface area contributed by atoms with Crippen LogP contribution in [0.3, 0.4) is 0 Å². The average molecular weight is 252 g/mol. The van der Waals surface area contributed by atoms with Crippen molar-refractivity contribution in [1.82, 2.24) is 15.1 Å². The van der Waals surface area contributed by atoms with E-state index >= 15 is 0 Å². The maximum atomic E-state index is 5.91. The molecule has 0 atom stereocenters. The van der Waals surface area contributed by atoms with Gasteiger partial charge in [0.15, 0.2) is 11.6 Å². The van der Waals surface area contributed by atoms with Gasteiger partial charge in [-0.3, -0.25) is 9.97 Å². The second-order valence-corrected chi connectivity index (χ2v) is 4.19. The highest BCUT2D eigenvalue weighted by Gasteiger charge is 2.17. The van der Waals surface area contributed by atoms with E-state index in [-0.39, 0.29) is 0 Å². The molecule has 5 nitrogen and oxygen atoms in total. The van der Waals surface area contributed by atoms with Gasteiger partial charge in [-0.05, 0) is 36.8 Å². The molecule has 0 amide bonds. The molecule has 0 saturated carbocycles. The van der Waals surface area contributed by atoms with Crippen LogP contribution < -0.4 is 5.73 Å². The third-order valence-corrected chi connectivity index (χ3v) is 2.85. The first-order chi connectivity index (χ1) is 9.25.